The maximum Gasteiger partial charge on any atom is 0.265 e. The van der Waals surface area contributed by atoms with E-state index in [1.165, 1.54) is 23.5 Å². The van der Waals surface area contributed by atoms with Gasteiger partial charge in [0.25, 0.3) is 15.9 Å². The average molecular weight is 342 g/mol. The lowest BCUT2D eigenvalue weighted by Gasteiger charge is -2.10. The Labute approximate surface area is 132 Å². The largest absolute Gasteiger partial charge is 0.268 e. The number of halogens is 1. The lowest BCUT2D eigenvalue weighted by atomic mass is 10.1. The van der Waals surface area contributed by atoms with Gasteiger partial charge in [-0.25, -0.2) is 13.1 Å². The zero-order valence-electron chi connectivity index (χ0n) is 11.1. The van der Waals surface area contributed by atoms with E-state index in [9.17, 15) is 13.2 Å². The van der Waals surface area contributed by atoms with Crippen molar-refractivity contribution in [2.45, 2.75) is 6.92 Å². The molecule has 0 spiro atoms. The first-order valence-corrected chi connectivity index (χ1v) is 8.66. The summed E-state index contributed by atoms with van der Waals surface area (Å²) < 4.78 is 26.3. The molecule has 0 aliphatic heterocycles. The Morgan fingerprint density at radius 3 is 2.62 bits per heavy atom. The summed E-state index contributed by atoms with van der Waals surface area (Å²) in [7, 11) is -3.98. The maximum atomic E-state index is 12.1. The van der Waals surface area contributed by atoms with Crippen molar-refractivity contribution in [1.82, 2.24) is 4.72 Å². The zero-order valence-corrected chi connectivity index (χ0v) is 13.5. The number of benzene rings is 1. The molecule has 1 amide bonds. The fourth-order valence-corrected chi connectivity index (χ4v) is 3.59. The Hall–Kier alpha value is -1.63. The number of nitrogens with one attached hydrogen (secondary N) is 1. The first-order chi connectivity index (χ1) is 9.81. The molecule has 0 saturated carbocycles. The molecule has 0 unspecified atom stereocenters. The molecule has 1 heterocycles. The Morgan fingerprint density at radius 2 is 2.05 bits per heavy atom. The van der Waals surface area contributed by atoms with Crippen molar-refractivity contribution >= 4 is 43.8 Å². The van der Waals surface area contributed by atoms with Crippen molar-refractivity contribution in [2.24, 2.45) is 0 Å². The maximum absolute atomic E-state index is 12.1. The van der Waals surface area contributed by atoms with Gasteiger partial charge >= 0.3 is 0 Å². The number of aryl methyl sites for hydroxylation is 1. The second-order valence-electron chi connectivity index (χ2n) is 4.33. The Balaban J connectivity index is 2.24. The standard InChI is InChI=1S/C14H12ClNO3S2/c1-9-7-12(15)3-4-13(9)14(17)16-21(18,19)10(2)11-5-6-20-8-11/h3-8H,2H2,1H3,(H,16,17). The summed E-state index contributed by atoms with van der Waals surface area (Å²) in [4.78, 5) is 12.0. The number of thiophene rings is 1. The SMILES string of the molecule is C=C(c1ccsc1)S(=O)(=O)NC(=O)c1ccc(Cl)cc1C. The van der Waals surface area contributed by atoms with E-state index in [0.29, 0.717) is 16.1 Å². The number of sulfonamides is 1. The highest BCUT2D eigenvalue weighted by atomic mass is 35.5. The van der Waals surface area contributed by atoms with Gasteiger partial charge in [0.2, 0.25) is 0 Å². The van der Waals surface area contributed by atoms with E-state index >= 15 is 0 Å². The van der Waals surface area contributed by atoms with E-state index < -0.39 is 15.9 Å². The van der Waals surface area contributed by atoms with Gasteiger partial charge in [0.15, 0.2) is 0 Å². The third kappa shape index (κ3) is 3.53. The highest BCUT2D eigenvalue weighted by Gasteiger charge is 2.22. The van der Waals surface area contributed by atoms with Gasteiger partial charge in [0.05, 0.1) is 4.91 Å². The average Bonchev–Trinajstić information content (AvgIpc) is 2.90. The number of hydrogen-bond donors (Lipinski definition) is 1. The fraction of sp³-hybridized carbons (Fsp3) is 0.0714. The van der Waals surface area contributed by atoms with Gasteiger partial charge < -0.3 is 0 Å². The lowest BCUT2D eigenvalue weighted by molar-refractivity contribution is 0.0981. The number of carbonyl (C=O) groups excluding carboxylic acids is 1. The van der Waals surface area contributed by atoms with Gasteiger partial charge in [-0.2, -0.15) is 11.3 Å². The molecule has 0 fully saturated rings. The third-order valence-corrected chi connectivity index (χ3v) is 5.08. The number of carbonyl (C=O) groups is 1. The van der Waals surface area contributed by atoms with Crippen molar-refractivity contribution in [3.05, 3.63) is 63.3 Å². The van der Waals surface area contributed by atoms with Crippen molar-refractivity contribution in [3.63, 3.8) is 0 Å². The van der Waals surface area contributed by atoms with Crippen LogP contribution in [-0.2, 0) is 10.0 Å². The molecule has 0 bridgehead atoms. The van der Waals surface area contributed by atoms with E-state index in [1.54, 1.807) is 29.8 Å². The predicted molar refractivity (Wildman–Crippen MR) is 85.9 cm³/mol. The first-order valence-electron chi connectivity index (χ1n) is 5.86. The fourth-order valence-electron chi connectivity index (χ4n) is 1.70. The van der Waals surface area contributed by atoms with Crippen LogP contribution >= 0.6 is 22.9 Å². The molecule has 0 aliphatic carbocycles. The number of hydrogen-bond acceptors (Lipinski definition) is 4. The quantitative estimate of drug-likeness (QED) is 0.926. The highest BCUT2D eigenvalue weighted by Crippen LogP contribution is 2.21. The second-order valence-corrected chi connectivity index (χ2v) is 7.25. The summed E-state index contributed by atoms with van der Waals surface area (Å²) in [6, 6.07) is 6.24. The Bertz CT molecular complexity index is 796. The van der Waals surface area contributed by atoms with E-state index in [1.807, 2.05) is 4.72 Å². The molecular formula is C14H12ClNO3S2. The molecule has 110 valence electrons. The number of rotatable bonds is 4. The minimum absolute atomic E-state index is 0.135. The van der Waals surface area contributed by atoms with Crippen molar-refractivity contribution < 1.29 is 13.2 Å². The molecule has 2 aromatic rings. The molecule has 4 nitrogen and oxygen atoms in total. The molecule has 2 rings (SSSR count). The molecule has 7 heteroatoms. The van der Waals surface area contributed by atoms with E-state index in [2.05, 4.69) is 6.58 Å². The predicted octanol–water partition coefficient (Wildman–Crippen LogP) is 3.44. The van der Waals surface area contributed by atoms with Gasteiger partial charge in [0.1, 0.15) is 0 Å². The van der Waals surface area contributed by atoms with Crippen molar-refractivity contribution in [3.8, 4) is 0 Å². The summed E-state index contributed by atoms with van der Waals surface area (Å²) in [5.41, 5.74) is 1.31. The van der Waals surface area contributed by atoms with Crippen LogP contribution in [0, 0.1) is 6.92 Å². The smallest absolute Gasteiger partial charge is 0.265 e. The van der Waals surface area contributed by atoms with Gasteiger partial charge in [-0.1, -0.05) is 18.2 Å². The Kier molecular flexibility index (Phi) is 4.51. The van der Waals surface area contributed by atoms with Crippen molar-refractivity contribution in [2.75, 3.05) is 0 Å². The molecule has 1 aromatic heterocycles. The molecule has 0 saturated heterocycles. The van der Waals surface area contributed by atoms with Crippen LogP contribution in [0.2, 0.25) is 5.02 Å². The normalized spacial score (nSPS) is 11.1. The molecule has 0 radical (unpaired) electrons. The van der Waals surface area contributed by atoms with Crippen LogP contribution in [-0.4, -0.2) is 14.3 Å². The van der Waals surface area contributed by atoms with Crippen LogP contribution in [0.4, 0.5) is 0 Å². The summed E-state index contributed by atoms with van der Waals surface area (Å²) in [6.45, 7) is 5.22. The van der Waals surface area contributed by atoms with Crippen LogP contribution in [0.3, 0.4) is 0 Å². The molecule has 0 aliphatic rings. The monoisotopic (exact) mass is 341 g/mol. The highest BCUT2D eigenvalue weighted by molar-refractivity contribution is 7.99. The molecule has 0 atom stereocenters. The van der Waals surface area contributed by atoms with Crippen LogP contribution in [0.5, 0.6) is 0 Å². The Morgan fingerprint density at radius 1 is 1.33 bits per heavy atom. The van der Waals surface area contributed by atoms with Crippen LogP contribution in [0.25, 0.3) is 4.91 Å². The van der Waals surface area contributed by atoms with Crippen LogP contribution in [0.15, 0.2) is 41.6 Å². The summed E-state index contributed by atoms with van der Waals surface area (Å²) in [5.74, 6) is -0.708. The third-order valence-electron chi connectivity index (χ3n) is 2.83. The molecule has 21 heavy (non-hydrogen) atoms. The minimum Gasteiger partial charge on any atom is -0.268 e. The van der Waals surface area contributed by atoms with E-state index in [4.69, 9.17) is 11.6 Å². The van der Waals surface area contributed by atoms with Gasteiger partial charge in [-0.15, -0.1) is 0 Å². The van der Waals surface area contributed by atoms with Gasteiger partial charge in [-0.05, 0) is 47.5 Å². The molecular weight excluding hydrogens is 330 g/mol. The minimum atomic E-state index is -3.98. The summed E-state index contributed by atoms with van der Waals surface area (Å²) in [6.07, 6.45) is 0. The van der Waals surface area contributed by atoms with E-state index in [-0.39, 0.29) is 10.5 Å². The van der Waals surface area contributed by atoms with Crippen LogP contribution < -0.4 is 4.72 Å². The molecule has 1 aromatic carbocycles. The van der Waals surface area contributed by atoms with Gasteiger partial charge in [-0.3, -0.25) is 4.79 Å². The lowest BCUT2D eigenvalue weighted by Crippen LogP contribution is -2.31. The summed E-state index contributed by atoms with van der Waals surface area (Å²) in [5, 5.41) is 3.87. The van der Waals surface area contributed by atoms with Gasteiger partial charge in [0, 0.05) is 16.1 Å². The van der Waals surface area contributed by atoms with E-state index in [0.717, 1.165) is 0 Å². The zero-order chi connectivity index (χ0) is 15.6. The number of amides is 1. The van der Waals surface area contributed by atoms with Crippen molar-refractivity contribution in [1.29, 1.82) is 0 Å². The first kappa shape index (κ1) is 15.8. The topological polar surface area (TPSA) is 63.2 Å². The second kappa shape index (κ2) is 6.01. The van der Waals surface area contributed by atoms with Crippen LogP contribution in [0.1, 0.15) is 21.5 Å². The molecule has 1 N–H and O–H groups in total. The summed E-state index contributed by atoms with van der Waals surface area (Å²) >= 11 is 7.16.